The van der Waals surface area contributed by atoms with Gasteiger partial charge in [-0.1, -0.05) is 36.4 Å². The Labute approximate surface area is 149 Å². The molecule has 0 aliphatic rings. The maximum atomic E-state index is 11.2. The fourth-order valence-electron chi connectivity index (χ4n) is 2.38. The first-order chi connectivity index (χ1) is 12.6. The number of hydrogen-bond acceptors (Lipinski definition) is 6. The van der Waals surface area contributed by atoms with E-state index in [4.69, 9.17) is 4.74 Å². The van der Waals surface area contributed by atoms with E-state index in [2.05, 4.69) is 10.2 Å². The molecule has 0 amide bonds. The Kier molecular flexibility index (Phi) is 4.89. The summed E-state index contributed by atoms with van der Waals surface area (Å²) >= 11 is 0. The normalized spacial score (nSPS) is 10.8. The van der Waals surface area contributed by atoms with Crippen LogP contribution in [-0.2, 0) is 0 Å². The second-order valence-electron chi connectivity index (χ2n) is 5.38. The minimum absolute atomic E-state index is 0.0652. The van der Waals surface area contributed by atoms with Gasteiger partial charge in [0.05, 0.1) is 18.1 Å². The van der Waals surface area contributed by atoms with Crippen LogP contribution in [0.25, 0.3) is 11.1 Å². The second-order valence-corrected chi connectivity index (χ2v) is 5.38. The number of methoxy groups -OCH3 is 1. The topological polar surface area (TPSA) is 97.3 Å². The molecule has 3 rings (SSSR count). The number of hydrogen-bond donors (Lipinski definition) is 1. The van der Waals surface area contributed by atoms with Crippen molar-refractivity contribution in [3.63, 3.8) is 0 Å². The summed E-state index contributed by atoms with van der Waals surface area (Å²) in [6.07, 6.45) is 0. The zero-order chi connectivity index (χ0) is 18.5. The van der Waals surface area contributed by atoms with Crippen LogP contribution in [0.5, 0.6) is 11.5 Å². The number of azo groups is 1. The summed E-state index contributed by atoms with van der Waals surface area (Å²) in [6, 6.07) is 18.8. The molecule has 0 aliphatic carbocycles. The number of phenols is 1. The van der Waals surface area contributed by atoms with Crippen LogP contribution in [0, 0.1) is 10.1 Å². The van der Waals surface area contributed by atoms with Crippen molar-refractivity contribution in [1.82, 2.24) is 0 Å². The molecule has 0 saturated heterocycles. The molecule has 0 radical (unpaired) electrons. The summed E-state index contributed by atoms with van der Waals surface area (Å²) in [4.78, 5) is 10.6. The van der Waals surface area contributed by atoms with E-state index in [0.717, 1.165) is 11.1 Å². The van der Waals surface area contributed by atoms with E-state index in [1.807, 2.05) is 30.3 Å². The van der Waals surface area contributed by atoms with Crippen LogP contribution >= 0.6 is 0 Å². The quantitative estimate of drug-likeness (QED) is 0.379. The molecule has 7 heteroatoms. The first kappa shape index (κ1) is 17.1. The number of nitro benzene ring substituents is 1. The number of benzene rings is 3. The van der Waals surface area contributed by atoms with E-state index >= 15 is 0 Å². The second kappa shape index (κ2) is 7.43. The molecule has 3 aromatic carbocycles. The van der Waals surface area contributed by atoms with Gasteiger partial charge >= 0.3 is 0 Å². The number of ether oxygens (including phenoxy) is 1. The fraction of sp³-hybridized carbons (Fsp3) is 0.0526. The van der Waals surface area contributed by atoms with Crippen LogP contribution in [0.1, 0.15) is 0 Å². The van der Waals surface area contributed by atoms with Crippen LogP contribution in [-0.4, -0.2) is 17.1 Å². The van der Waals surface area contributed by atoms with E-state index in [9.17, 15) is 15.2 Å². The van der Waals surface area contributed by atoms with Gasteiger partial charge in [0.15, 0.2) is 5.69 Å². The van der Waals surface area contributed by atoms with Gasteiger partial charge in [-0.05, 0) is 35.4 Å². The molecule has 0 spiro atoms. The van der Waals surface area contributed by atoms with Gasteiger partial charge in [-0.3, -0.25) is 10.1 Å². The Morgan fingerprint density at radius 2 is 1.65 bits per heavy atom. The van der Waals surface area contributed by atoms with Gasteiger partial charge in [-0.2, -0.15) is 0 Å². The lowest BCUT2D eigenvalue weighted by molar-refractivity contribution is -0.384. The predicted molar refractivity (Wildman–Crippen MR) is 97.4 cm³/mol. The molecule has 0 aromatic heterocycles. The average molecular weight is 349 g/mol. The van der Waals surface area contributed by atoms with Crippen LogP contribution in [0.4, 0.5) is 17.1 Å². The van der Waals surface area contributed by atoms with Crippen molar-refractivity contribution in [2.24, 2.45) is 10.2 Å². The molecule has 0 fully saturated rings. The number of nitro groups is 1. The van der Waals surface area contributed by atoms with Crippen molar-refractivity contribution >= 4 is 17.1 Å². The van der Waals surface area contributed by atoms with Crippen molar-refractivity contribution < 1.29 is 14.8 Å². The third-order valence-corrected chi connectivity index (χ3v) is 3.73. The Hall–Kier alpha value is -3.74. The molecule has 0 aliphatic heterocycles. The van der Waals surface area contributed by atoms with Gasteiger partial charge in [0, 0.05) is 0 Å². The molecule has 0 saturated carbocycles. The number of nitrogens with zero attached hydrogens (tertiary/aromatic N) is 3. The summed E-state index contributed by atoms with van der Waals surface area (Å²) in [6.45, 7) is 0. The minimum atomic E-state index is -0.558. The summed E-state index contributed by atoms with van der Waals surface area (Å²) in [5, 5.41) is 29.1. The summed E-state index contributed by atoms with van der Waals surface area (Å²) in [7, 11) is 1.42. The van der Waals surface area contributed by atoms with Crippen LogP contribution in [0.2, 0.25) is 0 Å². The van der Waals surface area contributed by atoms with E-state index < -0.39 is 4.92 Å². The largest absolute Gasteiger partial charge is 0.506 e. The number of rotatable bonds is 5. The van der Waals surface area contributed by atoms with Gasteiger partial charge in [0.1, 0.15) is 17.2 Å². The zero-order valence-corrected chi connectivity index (χ0v) is 13.9. The van der Waals surface area contributed by atoms with Crippen molar-refractivity contribution in [2.45, 2.75) is 0 Å². The minimum Gasteiger partial charge on any atom is -0.506 e. The monoisotopic (exact) mass is 349 g/mol. The molecule has 3 aromatic rings. The third kappa shape index (κ3) is 3.67. The SMILES string of the molecule is COc1ccc(N=Nc2cc(-c3ccccc3)ccc2O)c([N+](=O)[O-])c1. The highest BCUT2D eigenvalue weighted by molar-refractivity contribution is 5.70. The van der Waals surface area contributed by atoms with Gasteiger partial charge in [-0.25, -0.2) is 0 Å². The van der Waals surface area contributed by atoms with Gasteiger partial charge in [0.2, 0.25) is 0 Å². The van der Waals surface area contributed by atoms with Crippen molar-refractivity contribution in [3.8, 4) is 22.6 Å². The van der Waals surface area contributed by atoms with Crippen molar-refractivity contribution in [2.75, 3.05) is 7.11 Å². The molecule has 0 bridgehead atoms. The molecule has 0 atom stereocenters. The molecule has 1 N–H and O–H groups in total. The Morgan fingerprint density at radius 3 is 2.35 bits per heavy atom. The van der Waals surface area contributed by atoms with Crippen molar-refractivity contribution in [1.29, 1.82) is 0 Å². The predicted octanol–water partition coefficient (Wildman–Crippen LogP) is 5.39. The first-order valence-electron chi connectivity index (χ1n) is 7.71. The Balaban J connectivity index is 1.97. The fourth-order valence-corrected chi connectivity index (χ4v) is 2.38. The maximum Gasteiger partial charge on any atom is 0.300 e. The smallest absolute Gasteiger partial charge is 0.300 e. The van der Waals surface area contributed by atoms with Crippen LogP contribution < -0.4 is 4.74 Å². The number of phenolic OH excluding ortho intramolecular Hbond substituents is 1. The standard InChI is InChI=1S/C19H15N3O4/c1-26-15-8-9-16(18(12-15)22(24)25)20-21-17-11-14(7-10-19(17)23)13-5-3-2-4-6-13/h2-12,23H,1H3. The summed E-state index contributed by atoms with van der Waals surface area (Å²) in [5.74, 6) is 0.286. The van der Waals surface area contributed by atoms with Gasteiger partial charge in [-0.15, -0.1) is 10.2 Å². The van der Waals surface area contributed by atoms with Gasteiger partial charge in [0.25, 0.3) is 5.69 Å². The third-order valence-electron chi connectivity index (χ3n) is 3.73. The average Bonchev–Trinajstić information content (AvgIpc) is 2.68. The van der Waals surface area contributed by atoms with E-state index in [1.54, 1.807) is 18.2 Å². The maximum absolute atomic E-state index is 11.2. The van der Waals surface area contributed by atoms with Crippen LogP contribution in [0.15, 0.2) is 77.0 Å². The van der Waals surface area contributed by atoms with E-state index in [0.29, 0.717) is 5.75 Å². The molecule has 130 valence electrons. The van der Waals surface area contributed by atoms with Gasteiger partial charge < -0.3 is 9.84 Å². The van der Waals surface area contributed by atoms with E-state index in [1.165, 1.54) is 25.3 Å². The molecule has 0 heterocycles. The lowest BCUT2D eigenvalue weighted by Gasteiger charge is -2.04. The Morgan fingerprint density at radius 1 is 0.923 bits per heavy atom. The summed E-state index contributed by atoms with van der Waals surface area (Å²) in [5.41, 5.74) is 1.87. The Bertz CT molecular complexity index is 972. The first-order valence-corrected chi connectivity index (χ1v) is 7.71. The number of aromatic hydroxyl groups is 1. The highest BCUT2D eigenvalue weighted by Crippen LogP contribution is 2.36. The molecular formula is C19H15N3O4. The van der Waals surface area contributed by atoms with Crippen molar-refractivity contribution in [3.05, 3.63) is 76.8 Å². The molecular weight excluding hydrogens is 334 g/mol. The molecule has 0 unspecified atom stereocenters. The van der Waals surface area contributed by atoms with Crippen LogP contribution in [0.3, 0.4) is 0 Å². The lowest BCUT2D eigenvalue weighted by Crippen LogP contribution is -1.90. The van der Waals surface area contributed by atoms with E-state index in [-0.39, 0.29) is 22.8 Å². The highest BCUT2D eigenvalue weighted by atomic mass is 16.6. The summed E-state index contributed by atoms with van der Waals surface area (Å²) < 4.78 is 4.99. The molecule has 7 nitrogen and oxygen atoms in total. The highest BCUT2D eigenvalue weighted by Gasteiger charge is 2.15. The zero-order valence-electron chi connectivity index (χ0n) is 13.9. The molecule has 26 heavy (non-hydrogen) atoms. The lowest BCUT2D eigenvalue weighted by atomic mass is 10.1.